The summed E-state index contributed by atoms with van der Waals surface area (Å²) < 4.78 is 14.1. The van der Waals surface area contributed by atoms with E-state index in [2.05, 4.69) is 10.3 Å². The Kier molecular flexibility index (Phi) is 6.76. The Bertz CT molecular complexity index is 1350. The van der Waals surface area contributed by atoms with Crippen molar-refractivity contribution in [2.75, 3.05) is 24.5 Å². The van der Waals surface area contributed by atoms with Gasteiger partial charge in [0.2, 0.25) is 5.75 Å². The standard InChI is InChI=1S/C24H24FN5O5/c1-2-29(24(35)23(34)28-11-3-4-12-28)17-6-5-13-30-20(17)27-18(19(31)22(30)33)21(32)26-14-15-7-9-16(25)10-8-15/h5-10,13,31H,2-4,11-12,14H2,1H3,(H,26,32). The second-order valence-corrected chi connectivity index (χ2v) is 8.06. The number of hydrogen-bond acceptors (Lipinski definition) is 6. The van der Waals surface area contributed by atoms with Crippen molar-refractivity contribution in [2.45, 2.75) is 26.3 Å². The zero-order chi connectivity index (χ0) is 25.1. The first kappa shape index (κ1) is 23.9. The van der Waals surface area contributed by atoms with Crippen LogP contribution in [0.2, 0.25) is 0 Å². The monoisotopic (exact) mass is 481 g/mol. The van der Waals surface area contributed by atoms with E-state index in [-0.39, 0.29) is 24.4 Å². The van der Waals surface area contributed by atoms with Gasteiger partial charge >= 0.3 is 17.4 Å². The van der Waals surface area contributed by atoms with E-state index in [0.29, 0.717) is 18.7 Å². The predicted octanol–water partition coefficient (Wildman–Crippen LogP) is 1.44. The van der Waals surface area contributed by atoms with Gasteiger partial charge in [-0.15, -0.1) is 0 Å². The van der Waals surface area contributed by atoms with Gasteiger partial charge in [-0.3, -0.25) is 23.6 Å². The number of aromatic hydroxyl groups is 1. The van der Waals surface area contributed by atoms with Gasteiger partial charge in [-0.25, -0.2) is 9.37 Å². The van der Waals surface area contributed by atoms with E-state index in [4.69, 9.17) is 0 Å². The van der Waals surface area contributed by atoms with Crippen molar-refractivity contribution in [1.29, 1.82) is 0 Å². The Hall–Kier alpha value is -4.28. The molecule has 1 aromatic carbocycles. The lowest BCUT2D eigenvalue weighted by molar-refractivity contribution is -0.143. The van der Waals surface area contributed by atoms with Crippen LogP contribution in [0.5, 0.6) is 5.75 Å². The Morgan fingerprint density at radius 3 is 2.49 bits per heavy atom. The summed E-state index contributed by atoms with van der Waals surface area (Å²) in [7, 11) is 0. The van der Waals surface area contributed by atoms with E-state index in [0.717, 1.165) is 17.2 Å². The number of pyridine rings is 1. The lowest BCUT2D eigenvalue weighted by atomic mass is 10.2. The molecule has 4 rings (SSSR count). The minimum absolute atomic E-state index is 0.00512. The summed E-state index contributed by atoms with van der Waals surface area (Å²) in [4.78, 5) is 58.2. The molecule has 1 aliphatic heterocycles. The maximum absolute atomic E-state index is 13.1. The van der Waals surface area contributed by atoms with Gasteiger partial charge < -0.3 is 20.2 Å². The number of rotatable bonds is 5. The van der Waals surface area contributed by atoms with Gasteiger partial charge in [0.25, 0.3) is 5.91 Å². The van der Waals surface area contributed by atoms with Crippen molar-refractivity contribution < 1.29 is 23.9 Å². The third-order valence-corrected chi connectivity index (χ3v) is 5.82. The molecule has 0 bridgehead atoms. The van der Waals surface area contributed by atoms with Crippen molar-refractivity contribution in [1.82, 2.24) is 19.6 Å². The highest BCUT2D eigenvalue weighted by atomic mass is 19.1. The second kappa shape index (κ2) is 9.92. The molecule has 1 fully saturated rings. The molecule has 1 saturated heterocycles. The number of carbonyl (C=O) groups is 3. The van der Waals surface area contributed by atoms with Crippen molar-refractivity contribution in [3.8, 4) is 5.75 Å². The zero-order valence-corrected chi connectivity index (χ0v) is 19.0. The van der Waals surface area contributed by atoms with Gasteiger partial charge in [-0.05, 0) is 49.6 Å². The van der Waals surface area contributed by atoms with Gasteiger partial charge in [-0.1, -0.05) is 12.1 Å². The average molecular weight is 481 g/mol. The molecule has 2 aromatic heterocycles. The quantitative estimate of drug-likeness (QED) is 0.532. The number of nitrogens with one attached hydrogen (secondary N) is 1. The number of anilines is 1. The van der Waals surface area contributed by atoms with Crippen LogP contribution in [-0.4, -0.2) is 56.7 Å². The van der Waals surface area contributed by atoms with E-state index in [1.165, 1.54) is 52.4 Å². The molecule has 35 heavy (non-hydrogen) atoms. The minimum atomic E-state index is -0.904. The lowest BCUT2D eigenvalue weighted by Crippen LogP contribution is -2.44. The summed E-state index contributed by atoms with van der Waals surface area (Å²) in [5, 5.41) is 12.9. The number of likely N-dealkylation sites (N-methyl/N-ethyl adjacent to an activating group) is 1. The van der Waals surface area contributed by atoms with Gasteiger partial charge in [-0.2, -0.15) is 0 Å². The third-order valence-electron chi connectivity index (χ3n) is 5.82. The number of fused-ring (bicyclic) bond motifs is 1. The third kappa shape index (κ3) is 4.70. The normalized spacial score (nSPS) is 13.1. The maximum Gasteiger partial charge on any atom is 0.316 e. The first-order valence-corrected chi connectivity index (χ1v) is 11.2. The minimum Gasteiger partial charge on any atom is -0.501 e. The van der Waals surface area contributed by atoms with Crippen LogP contribution in [0.15, 0.2) is 47.4 Å². The van der Waals surface area contributed by atoms with Crippen molar-refractivity contribution in [2.24, 2.45) is 0 Å². The summed E-state index contributed by atoms with van der Waals surface area (Å²) >= 11 is 0. The van der Waals surface area contributed by atoms with Crippen molar-refractivity contribution in [3.63, 3.8) is 0 Å². The van der Waals surface area contributed by atoms with Crippen LogP contribution in [0.1, 0.15) is 35.8 Å². The van der Waals surface area contributed by atoms with Gasteiger partial charge in [0, 0.05) is 32.4 Å². The van der Waals surface area contributed by atoms with Crippen LogP contribution >= 0.6 is 0 Å². The molecular weight excluding hydrogens is 457 g/mol. The van der Waals surface area contributed by atoms with Gasteiger partial charge in [0.15, 0.2) is 11.3 Å². The molecule has 3 heterocycles. The molecular formula is C24H24FN5O5. The summed E-state index contributed by atoms with van der Waals surface area (Å²) in [5.74, 6) is -3.54. The summed E-state index contributed by atoms with van der Waals surface area (Å²) in [5.41, 5.74) is -0.749. The number of likely N-dealkylation sites (tertiary alicyclic amines) is 1. The van der Waals surface area contributed by atoms with Crippen LogP contribution in [0.25, 0.3) is 5.65 Å². The largest absolute Gasteiger partial charge is 0.501 e. The second-order valence-electron chi connectivity index (χ2n) is 8.06. The van der Waals surface area contributed by atoms with E-state index >= 15 is 0 Å². The molecule has 0 atom stereocenters. The SMILES string of the molecule is CCN(C(=O)C(=O)N1CCCC1)c1cccn2c(=O)c(O)c(C(=O)NCc3ccc(F)cc3)nc12. The van der Waals surface area contributed by atoms with E-state index < -0.39 is 40.5 Å². The molecule has 0 unspecified atom stereocenters. The number of carbonyl (C=O) groups excluding carboxylic acids is 3. The predicted molar refractivity (Wildman–Crippen MR) is 125 cm³/mol. The van der Waals surface area contributed by atoms with Crippen LogP contribution < -0.4 is 15.8 Å². The zero-order valence-electron chi connectivity index (χ0n) is 19.0. The molecule has 1 aliphatic rings. The van der Waals surface area contributed by atoms with Crippen LogP contribution in [0, 0.1) is 5.82 Å². The fourth-order valence-corrected chi connectivity index (χ4v) is 3.97. The topological polar surface area (TPSA) is 124 Å². The molecule has 182 valence electrons. The smallest absolute Gasteiger partial charge is 0.316 e. The number of halogens is 1. The summed E-state index contributed by atoms with van der Waals surface area (Å²) in [6.45, 7) is 2.79. The molecule has 0 aliphatic carbocycles. The summed E-state index contributed by atoms with van der Waals surface area (Å²) in [6.07, 6.45) is 2.99. The van der Waals surface area contributed by atoms with Crippen LogP contribution in [0.4, 0.5) is 10.1 Å². The lowest BCUT2D eigenvalue weighted by Gasteiger charge is -2.24. The highest BCUT2D eigenvalue weighted by molar-refractivity contribution is 6.40. The Labute approximate surface area is 199 Å². The van der Waals surface area contributed by atoms with E-state index in [9.17, 15) is 28.7 Å². The van der Waals surface area contributed by atoms with E-state index in [1.807, 2.05) is 0 Å². The van der Waals surface area contributed by atoms with Crippen LogP contribution in [-0.2, 0) is 16.1 Å². The number of aromatic nitrogens is 2. The van der Waals surface area contributed by atoms with E-state index in [1.54, 1.807) is 6.92 Å². The molecule has 0 radical (unpaired) electrons. The van der Waals surface area contributed by atoms with Gasteiger partial charge in [0.1, 0.15) is 5.82 Å². The number of hydrogen-bond donors (Lipinski definition) is 2. The summed E-state index contributed by atoms with van der Waals surface area (Å²) in [6, 6.07) is 8.45. The number of nitrogens with zero attached hydrogens (tertiary/aromatic N) is 4. The molecule has 11 heteroatoms. The fourth-order valence-electron chi connectivity index (χ4n) is 3.97. The van der Waals surface area contributed by atoms with Crippen LogP contribution in [0.3, 0.4) is 0 Å². The molecule has 3 aromatic rings. The maximum atomic E-state index is 13.1. The molecule has 0 spiro atoms. The Morgan fingerprint density at radius 2 is 1.83 bits per heavy atom. The molecule has 2 N–H and O–H groups in total. The Balaban J connectivity index is 1.69. The first-order valence-electron chi connectivity index (χ1n) is 11.2. The van der Waals surface area contributed by atoms with Crippen molar-refractivity contribution >= 4 is 29.1 Å². The molecule has 3 amide bonds. The van der Waals surface area contributed by atoms with Crippen molar-refractivity contribution in [3.05, 3.63) is 70.0 Å². The average Bonchev–Trinajstić information content (AvgIpc) is 3.41. The molecule has 10 nitrogen and oxygen atoms in total. The number of amides is 3. The fraction of sp³-hybridized carbons (Fsp3) is 0.292. The van der Waals surface area contributed by atoms with Gasteiger partial charge in [0.05, 0.1) is 5.69 Å². The number of benzene rings is 1. The molecule has 0 saturated carbocycles. The Morgan fingerprint density at radius 1 is 1.14 bits per heavy atom. The first-order chi connectivity index (χ1) is 16.8. The highest BCUT2D eigenvalue weighted by Crippen LogP contribution is 2.23. The highest BCUT2D eigenvalue weighted by Gasteiger charge is 2.30.